The molecule has 16 heavy (non-hydrogen) atoms. The molecule has 0 saturated heterocycles. The van der Waals surface area contributed by atoms with E-state index >= 15 is 0 Å². The number of nitrogens with zero attached hydrogens (tertiary/aromatic N) is 1. The van der Waals surface area contributed by atoms with Crippen LogP contribution < -0.4 is 5.73 Å². The van der Waals surface area contributed by atoms with Crippen molar-refractivity contribution >= 4 is 11.8 Å². The van der Waals surface area contributed by atoms with Crippen molar-refractivity contribution in [3.63, 3.8) is 0 Å². The Bertz CT molecular complexity index is 347. The van der Waals surface area contributed by atoms with Gasteiger partial charge in [0.1, 0.15) is 0 Å². The highest BCUT2D eigenvalue weighted by atomic mass is 16.2. The number of hydrogen-bond donors (Lipinski definition) is 1. The number of amides is 2. The standard InChI is InChI=1S/C12H20N2O2/c1-7(2)12(5,6-13)14-10(15)8(3)9(4)11(14)16/h7H,6,13H2,1-5H3. The minimum absolute atomic E-state index is 0.129. The second-order valence-electron chi connectivity index (χ2n) is 4.91. The van der Waals surface area contributed by atoms with E-state index in [1.54, 1.807) is 13.8 Å². The van der Waals surface area contributed by atoms with Gasteiger partial charge in [0.15, 0.2) is 0 Å². The summed E-state index contributed by atoms with van der Waals surface area (Å²) in [5, 5.41) is 0. The predicted octanol–water partition coefficient (Wildman–Crippen LogP) is 1.06. The van der Waals surface area contributed by atoms with Crippen molar-refractivity contribution in [3.05, 3.63) is 11.1 Å². The predicted molar refractivity (Wildman–Crippen MR) is 62.5 cm³/mol. The molecule has 1 aliphatic heterocycles. The van der Waals surface area contributed by atoms with E-state index in [1.165, 1.54) is 4.90 Å². The highest BCUT2D eigenvalue weighted by Gasteiger charge is 2.46. The maximum Gasteiger partial charge on any atom is 0.257 e. The van der Waals surface area contributed by atoms with Crippen molar-refractivity contribution in [2.75, 3.05) is 6.54 Å². The third kappa shape index (κ3) is 1.57. The fourth-order valence-electron chi connectivity index (χ4n) is 1.80. The van der Waals surface area contributed by atoms with Crippen molar-refractivity contribution in [3.8, 4) is 0 Å². The molecule has 1 rings (SSSR count). The first kappa shape index (κ1) is 12.9. The van der Waals surface area contributed by atoms with E-state index in [0.717, 1.165) is 0 Å². The van der Waals surface area contributed by atoms with Crippen LogP contribution >= 0.6 is 0 Å². The Hall–Kier alpha value is -1.16. The molecule has 2 N–H and O–H groups in total. The molecule has 90 valence electrons. The fraction of sp³-hybridized carbons (Fsp3) is 0.667. The van der Waals surface area contributed by atoms with Gasteiger partial charge in [-0.15, -0.1) is 0 Å². The second-order valence-corrected chi connectivity index (χ2v) is 4.91. The summed E-state index contributed by atoms with van der Waals surface area (Å²) < 4.78 is 0. The average Bonchev–Trinajstić information content (AvgIpc) is 2.42. The molecule has 2 amide bonds. The Morgan fingerprint density at radius 3 is 1.81 bits per heavy atom. The van der Waals surface area contributed by atoms with Gasteiger partial charge >= 0.3 is 0 Å². The van der Waals surface area contributed by atoms with Gasteiger partial charge in [0.05, 0.1) is 5.54 Å². The maximum atomic E-state index is 12.0. The molecule has 0 radical (unpaired) electrons. The van der Waals surface area contributed by atoms with Crippen LogP contribution in [0, 0.1) is 5.92 Å². The Kier molecular flexibility index (Phi) is 3.24. The van der Waals surface area contributed by atoms with E-state index in [0.29, 0.717) is 11.1 Å². The van der Waals surface area contributed by atoms with E-state index in [2.05, 4.69) is 0 Å². The Morgan fingerprint density at radius 2 is 1.56 bits per heavy atom. The lowest BCUT2D eigenvalue weighted by Gasteiger charge is -2.40. The minimum Gasteiger partial charge on any atom is -0.328 e. The van der Waals surface area contributed by atoms with Crippen molar-refractivity contribution in [2.45, 2.75) is 40.2 Å². The summed E-state index contributed by atoms with van der Waals surface area (Å²) in [5.41, 5.74) is 6.20. The van der Waals surface area contributed by atoms with Crippen LogP contribution in [-0.2, 0) is 9.59 Å². The van der Waals surface area contributed by atoms with E-state index in [4.69, 9.17) is 5.73 Å². The second kappa shape index (κ2) is 4.01. The topological polar surface area (TPSA) is 63.4 Å². The highest BCUT2D eigenvalue weighted by Crippen LogP contribution is 2.31. The summed E-state index contributed by atoms with van der Waals surface area (Å²) in [6.45, 7) is 9.45. The van der Waals surface area contributed by atoms with Gasteiger partial charge in [-0.05, 0) is 26.7 Å². The number of hydrogen-bond acceptors (Lipinski definition) is 3. The average molecular weight is 224 g/mol. The van der Waals surface area contributed by atoms with Crippen molar-refractivity contribution in [1.82, 2.24) is 4.90 Å². The third-order valence-electron chi connectivity index (χ3n) is 3.78. The summed E-state index contributed by atoms with van der Waals surface area (Å²) in [6.07, 6.45) is 0. The number of imide groups is 1. The first-order valence-electron chi connectivity index (χ1n) is 5.53. The molecule has 0 aromatic heterocycles. The summed E-state index contributed by atoms with van der Waals surface area (Å²) in [5.74, 6) is -0.280. The SMILES string of the molecule is CC1=C(C)C(=O)N(C(C)(CN)C(C)C)C1=O. The molecule has 1 unspecified atom stereocenters. The normalized spacial score (nSPS) is 21.1. The summed E-state index contributed by atoms with van der Waals surface area (Å²) in [4.78, 5) is 25.4. The zero-order valence-electron chi connectivity index (χ0n) is 10.6. The number of rotatable bonds is 3. The number of carbonyl (C=O) groups excluding carboxylic acids is 2. The first-order valence-corrected chi connectivity index (χ1v) is 5.53. The van der Waals surface area contributed by atoms with E-state index in [1.807, 2.05) is 20.8 Å². The van der Waals surface area contributed by atoms with E-state index in [-0.39, 0.29) is 24.3 Å². The van der Waals surface area contributed by atoms with Crippen LogP contribution in [0.1, 0.15) is 34.6 Å². The smallest absolute Gasteiger partial charge is 0.257 e. The summed E-state index contributed by atoms with van der Waals surface area (Å²) in [7, 11) is 0. The number of carbonyl (C=O) groups is 2. The van der Waals surface area contributed by atoms with Gasteiger partial charge in [0.2, 0.25) is 0 Å². The van der Waals surface area contributed by atoms with E-state index in [9.17, 15) is 9.59 Å². The maximum absolute atomic E-state index is 12.0. The molecule has 1 atom stereocenters. The first-order chi connectivity index (χ1) is 7.27. The molecule has 0 fully saturated rings. The zero-order valence-corrected chi connectivity index (χ0v) is 10.6. The molecule has 0 spiro atoms. The minimum atomic E-state index is -0.604. The lowest BCUT2D eigenvalue weighted by molar-refractivity contribution is -0.145. The molecule has 0 saturated carbocycles. The summed E-state index contributed by atoms with van der Waals surface area (Å²) >= 11 is 0. The van der Waals surface area contributed by atoms with Crippen LogP contribution in [-0.4, -0.2) is 28.8 Å². The quantitative estimate of drug-likeness (QED) is 0.729. The molecular weight excluding hydrogens is 204 g/mol. The Labute approximate surface area is 96.5 Å². The van der Waals surface area contributed by atoms with Gasteiger partial charge in [0, 0.05) is 17.7 Å². The molecule has 0 aliphatic carbocycles. The molecule has 0 aromatic carbocycles. The highest BCUT2D eigenvalue weighted by molar-refractivity contribution is 6.19. The molecule has 1 heterocycles. The lowest BCUT2D eigenvalue weighted by Crippen LogP contribution is -2.58. The van der Waals surface area contributed by atoms with Crippen molar-refractivity contribution < 1.29 is 9.59 Å². The largest absolute Gasteiger partial charge is 0.328 e. The molecule has 1 aliphatic rings. The summed E-state index contributed by atoms with van der Waals surface area (Å²) in [6, 6.07) is 0. The zero-order chi connectivity index (χ0) is 12.7. The van der Waals surface area contributed by atoms with Crippen LogP contribution in [0.3, 0.4) is 0 Å². The molecular formula is C12H20N2O2. The van der Waals surface area contributed by atoms with E-state index < -0.39 is 5.54 Å². The van der Waals surface area contributed by atoms with Crippen LogP contribution in [0.2, 0.25) is 0 Å². The number of nitrogens with two attached hydrogens (primary N) is 1. The molecule has 4 nitrogen and oxygen atoms in total. The lowest BCUT2D eigenvalue weighted by atomic mass is 9.86. The Morgan fingerprint density at radius 1 is 1.19 bits per heavy atom. The molecule has 0 bridgehead atoms. The van der Waals surface area contributed by atoms with Crippen molar-refractivity contribution in [2.24, 2.45) is 11.7 Å². The van der Waals surface area contributed by atoms with Crippen LogP contribution in [0.5, 0.6) is 0 Å². The van der Waals surface area contributed by atoms with Gasteiger partial charge in [-0.25, -0.2) is 0 Å². The monoisotopic (exact) mass is 224 g/mol. The van der Waals surface area contributed by atoms with Crippen molar-refractivity contribution in [1.29, 1.82) is 0 Å². The molecule has 0 aromatic rings. The van der Waals surface area contributed by atoms with Gasteiger partial charge in [-0.3, -0.25) is 14.5 Å². The van der Waals surface area contributed by atoms with Gasteiger partial charge in [-0.2, -0.15) is 0 Å². The van der Waals surface area contributed by atoms with Crippen LogP contribution in [0.15, 0.2) is 11.1 Å². The van der Waals surface area contributed by atoms with Gasteiger partial charge in [0.25, 0.3) is 11.8 Å². The third-order valence-corrected chi connectivity index (χ3v) is 3.78. The van der Waals surface area contributed by atoms with Crippen LogP contribution in [0.4, 0.5) is 0 Å². The van der Waals surface area contributed by atoms with Gasteiger partial charge in [-0.1, -0.05) is 13.8 Å². The van der Waals surface area contributed by atoms with Gasteiger partial charge < -0.3 is 5.73 Å². The Balaban J connectivity index is 3.19. The molecule has 4 heteroatoms. The van der Waals surface area contributed by atoms with Crippen LogP contribution in [0.25, 0.3) is 0 Å². The fourth-order valence-corrected chi connectivity index (χ4v) is 1.80.